The van der Waals surface area contributed by atoms with E-state index in [0.717, 1.165) is 29.0 Å². The minimum Gasteiger partial charge on any atom is -0.308 e. The number of hydrogen-bond acceptors (Lipinski definition) is 5. The molecule has 1 aromatic carbocycles. The first-order valence-corrected chi connectivity index (χ1v) is 6.74. The van der Waals surface area contributed by atoms with Crippen LogP contribution in [-0.2, 0) is 6.54 Å². The molecule has 2 aromatic heterocycles. The summed E-state index contributed by atoms with van der Waals surface area (Å²) in [6, 6.07) is 6.60. The lowest BCUT2D eigenvalue weighted by Crippen LogP contribution is -2.18. The number of nitrogens with zero attached hydrogens (tertiary/aromatic N) is 5. The molecule has 6 nitrogen and oxygen atoms in total. The van der Waals surface area contributed by atoms with Crippen LogP contribution in [0.1, 0.15) is 18.5 Å². The molecule has 1 aliphatic carbocycles. The zero-order chi connectivity index (χ0) is 13.4. The van der Waals surface area contributed by atoms with Gasteiger partial charge >= 0.3 is 0 Å². The molecule has 0 unspecified atom stereocenters. The van der Waals surface area contributed by atoms with Crippen LogP contribution in [-0.4, -0.2) is 31.0 Å². The Bertz CT molecular complexity index is 746. The van der Waals surface area contributed by atoms with E-state index in [2.05, 4.69) is 25.6 Å². The van der Waals surface area contributed by atoms with Gasteiger partial charge in [0.25, 0.3) is 0 Å². The summed E-state index contributed by atoms with van der Waals surface area (Å²) in [4.78, 5) is 8.60. The first-order chi connectivity index (χ1) is 9.90. The minimum absolute atomic E-state index is 0.667. The van der Waals surface area contributed by atoms with E-state index in [4.69, 9.17) is 0 Å². The maximum absolute atomic E-state index is 4.33. The van der Waals surface area contributed by atoms with Crippen molar-refractivity contribution in [1.82, 2.24) is 30.3 Å². The molecule has 1 N–H and O–H groups in total. The lowest BCUT2D eigenvalue weighted by molar-refractivity contribution is 0.647. The molecule has 0 spiro atoms. The fourth-order valence-corrected chi connectivity index (χ4v) is 2.21. The average Bonchev–Trinajstić information content (AvgIpc) is 3.21. The monoisotopic (exact) mass is 266 g/mol. The molecule has 1 fully saturated rings. The van der Waals surface area contributed by atoms with Gasteiger partial charge in [0.1, 0.15) is 0 Å². The van der Waals surface area contributed by atoms with Gasteiger partial charge in [-0.2, -0.15) is 0 Å². The van der Waals surface area contributed by atoms with Gasteiger partial charge in [-0.05, 0) is 31.0 Å². The van der Waals surface area contributed by atoms with Gasteiger partial charge in [0, 0.05) is 25.0 Å². The van der Waals surface area contributed by atoms with Crippen molar-refractivity contribution in [3.8, 4) is 5.69 Å². The summed E-state index contributed by atoms with van der Waals surface area (Å²) in [6.45, 7) is 0.788. The van der Waals surface area contributed by atoms with E-state index >= 15 is 0 Å². The van der Waals surface area contributed by atoms with Crippen molar-refractivity contribution >= 4 is 11.0 Å². The molecule has 2 heterocycles. The van der Waals surface area contributed by atoms with Crippen molar-refractivity contribution in [1.29, 1.82) is 0 Å². The molecule has 6 heteroatoms. The molecule has 0 radical (unpaired) electrons. The van der Waals surface area contributed by atoms with Crippen LogP contribution in [0.4, 0.5) is 0 Å². The normalized spacial score (nSPS) is 14.8. The molecule has 0 aliphatic heterocycles. The summed E-state index contributed by atoms with van der Waals surface area (Å²) in [5.41, 5.74) is 3.76. The van der Waals surface area contributed by atoms with Crippen LogP contribution in [0.3, 0.4) is 0 Å². The molecule has 4 rings (SSSR count). The number of fused-ring (bicyclic) bond motifs is 1. The van der Waals surface area contributed by atoms with Gasteiger partial charge in [0.2, 0.25) is 0 Å². The predicted molar refractivity (Wildman–Crippen MR) is 74.3 cm³/mol. The maximum atomic E-state index is 4.33. The van der Waals surface area contributed by atoms with Crippen molar-refractivity contribution in [2.45, 2.75) is 25.4 Å². The summed E-state index contributed by atoms with van der Waals surface area (Å²) < 4.78 is 1.85. The van der Waals surface area contributed by atoms with Crippen LogP contribution < -0.4 is 5.32 Å². The number of nitrogens with one attached hydrogen (secondary N) is 1. The van der Waals surface area contributed by atoms with E-state index in [1.165, 1.54) is 12.8 Å². The van der Waals surface area contributed by atoms with Crippen molar-refractivity contribution in [3.05, 3.63) is 42.5 Å². The van der Waals surface area contributed by atoms with Gasteiger partial charge < -0.3 is 5.32 Å². The van der Waals surface area contributed by atoms with Gasteiger partial charge in [-0.15, -0.1) is 5.10 Å². The van der Waals surface area contributed by atoms with Crippen molar-refractivity contribution in [2.75, 3.05) is 0 Å². The summed E-state index contributed by atoms with van der Waals surface area (Å²) >= 11 is 0. The molecular weight excluding hydrogens is 252 g/mol. The number of hydrogen-bond donors (Lipinski definition) is 1. The maximum Gasteiger partial charge on any atom is 0.0908 e. The molecular formula is C14H14N6. The summed E-state index contributed by atoms with van der Waals surface area (Å²) in [5.74, 6) is 0. The highest BCUT2D eigenvalue weighted by atomic mass is 15.4. The van der Waals surface area contributed by atoms with Crippen LogP contribution >= 0.6 is 0 Å². The number of aromatic nitrogens is 5. The third kappa shape index (κ3) is 2.14. The van der Waals surface area contributed by atoms with Gasteiger partial charge in [0.05, 0.1) is 28.6 Å². The second-order valence-corrected chi connectivity index (χ2v) is 5.02. The van der Waals surface area contributed by atoms with Crippen LogP contribution in [0, 0.1) is 0 Å². The number of rotatable bonds is 4. The quantitative estimate of drug-likeness (QED) is 0.774. The Balaban J connectivity index is 1.69. The van der Waals surface area contributed by atoms with Gasteiger partial charge in [-0.1, -0.05) is 5.21 Å². The Morgan fingerprint density at radius 2 is 2.00 bits per heavy atom. The summed E-state index contributed by atoms with van der Waals surface area (Å²) in [7, 11) is 0. The smallest absolute Gasteiger partial charge is 0.0908 e. The molecule has 0 amide bonds. The Hall–Kier alpha value is -2.34. The Morgan fingerprint density at radius 3 is 2.85 bits per heavy atom. The van der Waals surface area contributed by atoms with E-state index in [-0.39, 0.29) is 0 Å². The SMILES string of the molecule is c1cnc2cc(-n3nncc3CNC3CC3)ccc2n1. The highest BCUT2D eigenvalue weighted by Crippen LogP contribution is 2.20. The van der Waals surface area contributed by atoms with Crippen LogP contribution in [0.2, 0.25) is 0 Å². The second kappa shape index (κ2) is 4.64. The molecule has 1 aliphatic rings. The second-order valence-electron chi connectivity index (χ2n) is 5.02. The predicted octanol–water partition coefficient (Wildman–Crippen LogP) is 1.46. The molecule has 100 valence electrons. The van der Waals surface area contributed by atoms with Crippen LogP contribution in [0.15, 0.2) is 36.8 Å². The average molecular weight is 266 g/mol. The molecule has 1 saturated carbocycles. The van der Waals surface area contributed by atoms with Crippen LogP contribution in [0.5, 0.6) is 0 Å². The Labute approximate surface area is 115 Å². The first kappa shape index (κ1) is 11.5. The zero-order valence-electron chi connectivity index (χ0n) is 10.9. The Kier molecular flexibility index (Phi) is 2.67. The van der Waals surface area contributed by atoms with Gasteiger partial charge in [-0.25, -0.2) is 4.68 Å². The highest BCUT2D eigenvalue weighted by molar-refractivity contribution is 5.76. The summed E-state index contributed by atoms with van der Waals surface area (Å²) in [6.07, 6.45) is 7.74. The fraction of sp³-hybridized carbons (Fsp3) is 0.286. The standard InChI is InChI=1S/C14H14N6/c1-2-10(1)17-8-12-9-18-19-20(12)11-3-4-13-14(7-11)16-6-5-15-13/h3-7,9-10,17H,1-2,8H2. The lowest BCUT2D eigenvalue weighted by atomic mass is 10.2. The van der Waals surface area contributed by atoms with E-state index < -0.39 is 0 Å². The zero-order valence-corrected chi connectivity index (χ0v) is 10.9. The lowest BCUT2D eigenvalue weighted by Gasteiger charge is -2.07. The van der Waals surface area contributed by atoms with E-state index in [1.807, 2.05) is 22.9 Å². The van der Waals surface area contributed by atoms with Crippen LogP contribution in [0.25, 0.3) is 16.7 Å². The molecule has 0 atom stereocenters. The first-order valence-electron chi connectivity index (χ1n) is 6.74. The summed E-state index contributed by atoms with van der Waals surface area (Å²) in [5, 5.41) is 11.7. The van der Waals surface area contributed by atoms with Gasteiger partial charge in [-0.3, -0.25) is 9.97 Å². The van der Waals surface area contributed by atoms with Gasteiger partial charge in [0.15, 0.2) is 0 Å². The Morgan fingerprint density at radius 1 is 1.15 bits per heavy atom. The van der Waals surface area contributed by atoms with Crippen molar-refractivity contribution in [3.63, 3.8) is 0 Å². The molecule has 0 saturated heterocycles. The molecule has 3 aromatic rings. The van der Waals surface area contributed by atoms with E-state index in [9.17, 15) is 0 Å². The fourth-order valence-electron chi connectivity index (χ4n) is 2.21. The third-order valence-electron chi connectivity index (χ3n) is 3.47. The van der Waals surface area contributed by atoms with Crippen molar-refractivity contribution in [2.24, 2.45) is 0 Å². The largest absolute Gasteiger partial charge is 0.308 e. The molecule has 20 heavy (non-hydrogen) atoms. The highest BCUT2D eigenvalue weighted by Gasteiger charge is 2.21. The van der Waals surface area contributed by atoms with E-state index in [1.54, 1.807) is 18.6 Å². The third-order valence-corrected chi connectivity index (χ3v) is 3.47. The minimum atomic E-state index is 0.667. The van der Waals surface area contributed by atoms with E-state index in [0.29, 0.717) is 6.04 Å². The molecule has 0 bridgehead atoms. The topological polar surface area (TPSA) is 68.5 Å². The van der Waals surface area contributed by atoms with Crippen molar-refractivity contribution < 1.29 is 0 Å². The number of benzene rings is 1.